The van der Waals surface area contributed by atoms with E-state index in [0.29, 0.717) is 42.3 Å². The number of hydrogen-bond acceptors (Lipinski definition) is 5. The number of amides is 1. The van der Waals surface area contributed by atoms with Crippen molar-refractivity contribution in [3.63, 3.8) is 0 Å². The van der Waals surface area contributed by atoms with Gasteiger partial charge in [0.05, 0.1) is 19.2 Å². The van der Waals surface area contributed by atoms with E-state index in [-0.39, 0.29) is 6.54 Å². The zero-order valence-electron chi connectivity index (χ0n) is 18.9. The summed E-state index contributed by atoms with van der Waals surface area (Å²) in [7, 11) is 1.59. The van der Waals surface area contributed by atoms with Crippen LogP contribution in [0.2, 0.25) is 0 Å². The number of methoxy groups -OCH3 is 1. The Balaban J connectivity index is 1.82. The molecule has 0 saturated heterocycles. The highest BCUT2D eigenvalue weighted by atomic mass is 16.5. The Bertz CT molecular complexity index is 884. The van der Waals surface area contributed by atoms with Crippen LogP contribution >= 0.6 is 0 Å². The van der Waals surface area contributed by atoms with E-state index in [1.54, 1.807) is 36.4 Å². The van der Waals surface area contributed by atoms with Crippen LogP contribution in [-0.4, -0.2) is 71.1 Å². The van der Waals surface area contributed by atoms with Crippen LogP contribution in [0, 0.1) is 5.92 Å². The molecule has 3 rings (SSSR count). The molecule has 0 bridgehead atoms. The maximum Gasteiger partial charge on any atom is 0.295 e. The van der Waals surface area contributed by atoms with Crippen molar-refractivity contribution in [2.24, 2.45) is 5.92 Å². The van der Waals surface area contributed by atoms with Crippen LogP contribution in [0.1, 0.15) is 56.3 Å². The number of aliphatic hydroxyl groups is 1. The summed E-state index contributed by atoms with van der Waals surface area (Å²) < 4.78 is 5.24. The van der Waals surface area contributed by atoms with E-state index in [9.17, 15) is 14.7 Å². The number of aliphatic hydroxyl groups excluding tert-OH is 1. The van der Waals surface area contributed by atoms with Crippen molar-refractivity contribution in [3.05, 3.63) is 30.0 Å². The molecule has 1 atom stereocenters. The first-order valence-electron chi connectivity index (χ1n) is 11.4. The van der Waals surface area contributed by atoms with Crippen LogP contribution in [0.3, 0.4) is 0 Å². The Labute approximate surface area is 184 Å². The fourth-order valence-corrected chi connectivity index (χ4v) is 4.56. The van der Waals surface area contributed by atoms with Crippen LogP contribution in [-0.2, 0) is 4.79 Å². The van der Waals surface area contributed by atoms with Gasteiger partial charge in [0.2, 0.25) is 0 Å². The number of H-pyrrole nitrogens is 1. The van der Waals surface area contributed by atoms with Gasteiger partial charge >= 0.3 is 0 Å². The molecule has 1 fully saturated rings. The molecule has 2 aromatic rings. The van der Waals surface area contributed by atoms with E-state index in [2.05, 4.69) is 4.98 Å². The van der Waals surface area contributed by atoms with E-state index in [1.165, 1.54) is 6.42 Å². The van der Waals surface area contributed by atoms with Gasteiger partial charge in [-0.2, -0.15) is 0 Å². The highest BCUT2D eigenvalue weighted by Crippen LogP contribution is 2.26. The van der Waals surface area contributed by atoms with Crippen molar-refractivity contribution in [1.82, 2.24) is 14.8 Å². The Morgan fingerprint density at radius 3 is 2.55 bits per heavy atom. The lowest BCUT2D eigenvalue weighted by Crippen LogP contribution is -2.49. The van der Waals surface area contributed by atoms with E-state index in [4.69, 9.17) is 4.74 Å². The van der Waals surface area contributed by atoms with Crippen LogP contribution in [0.25, 0.3) is 10.9 Å². The molecule has 2 N–H and O–H groups in total. The normalized spacial score (nSPS) is 15.9. The number of carbonyl (C=O) groups is 2. The van der Waals surface area contributed by atoms with Gasteiger partial charge < -0.3 is 19.7 Å². The van der Waals surface area contributed by atoms with Crippen molar-refractivity contribution in [2.45, 2.75) is 52.2 Å². The van der Waals surface area contributed by atoms with Gasteiger partial charge in [0.15, 0.2) is 0 Å². The van der Waals surface area contributed by atoms with Crippen molar-refractivity contribution in [2.75, 3.05) is 33.3 Å². The van der Waals surface area contributed by atoms with Crippen molar-refractivity contribution in [1.29, 1.82) is 0 Å². The number of benzene rings is 1. The lowest BCUT2D eigenvalue weighted by molar-refractivity contribution is -0.131. The van der Waals surface area contributed by atoms with Gasteiger partial charge in [-0.25, -0.2) is 0 Å². The van der Waals surface area contributed by atoms with E-state index >= 15 is 0 Å². The number of aromatic amines is 1. The predicted octanol–water partition coefficient (Wildman–Crippen LogP) is 3.43. The Kier molecular flexibility index (Phi) is 8.09. The average Bonchev–Trinajstić information content (AvgIpc) is 3.22. The van der Waals surface area contributed by atoms with Crippen LogP contribution in [0.15, 0.2) is 24.4 Å². The fraction of sp³-hybridized carbons (Fsp3) is 0.583. The molecule has 1 aliphatic carbocycles. The molecule has 1 aromatic carbocycles. The number of carbonyl (C=O) groups excluding carboxylic acids is 2. The summed E-state index contributed by atoms with van der Waals surface area (Å²) in [5.74, 6) is -0.0324. The molecular formula is C24H35N3O4. The summed E-state index contributed by atoms with van der Waals surface area (Å²) in [6.07, 6.45) is 6.46. The quantitative estimate of drug-likeness (QED) is 0.343. The second kappa shape index (κ2) is 10.8. The first-order chi connectivity index (χ1) is 15.0. The summed E-state index contributed by atoms with van der Waals surface area (Å²) in [6, 6.07) is 5.38. The van der Waals surface area contributed by atoms with E-state index < -0.39 is 17.9 Å². The zero-order chi connectivity index (χ0) is 22.4. The third kappa shape index (κ3) is 5.46. The molecule has 0 aliphatic heterocycles. The summed E-state index contributed by atoms with van der Waals surface area (Å²) in [6.45, 7) is 5.97. The number of nitrogens with zero attached hydrogens (tertiary/aromatic N) is 2. The van der Waals surface area contributed by atoms with Crippen molar-refractivity contribution >= 4 is 22.6 Å². The van der Waals surface area contributed by atoms with Gasteiger partial charge in [0.1, 0.15) is 12.0 Å². The number of ether oxygens (including phenoxy) is 1. The van der Waals surface area contributed by atoms with Gasteiger partial charge in [-0.05, 0) is 44.0 Å². The molecule has 1 aliphatic rings. The van der Waals surface area contributed by atoms with Crippen molar-refractivity contribution < 1.29 is 19.4 Å². The SMILES string of the molecule is CCN(CC)C(O)CN(CC1CCCCC1)C(=O)C(=O)c1c[nH]c2cc(OC)ccc12. The van der Waals surface area contributed by atoms with Crippen LogP contribution < -0.4 is 4.74 Å². The lowest BCUT2D eigenvalue weighted by Gasteiger charge is -2.33. The zero-order valence-corrected chi connectivity index (χ0v) is 18.9. The Morgan fingerprint density at radius 1 is 1.19 bits per heavy atom. The minimum atomic E-state index is -0.789. The summed E-state index contributed by atoms with van der Waals surface area (Å²) >= 11 is 0. The first-order valence-corrected chi connectivity index (χ1v) is 11.4. The van der Waals surface area contributed by atoms with Gasteiger partial charge in [-0.1, -0.05) is 33.1 Å². The van der Waals surface area contributed by atoms with Gasteiger partial charge in [0.25, 0.3) is 11.7 Å². The molecule has 7 heteroatoms. The number of rotatable bonds is 10. The van der Waals surface area contributed by atoms with Gasteiger partial charge in [-0.3, -0.25) is 14.5 Å². The Morgan fingerprint density at radius 2 is 1.90 bits per heavy atom. The standard InChI is InChI=1S/C24H35N3O4/c1-4-26(5-2)22(28)16-27(15-17-9-7-6-8-10-17)24(30)23(29)20-14-25-21-13-18(31-3)11-12-19(20)21/h11-14,17,22,25,28H,4-10,15-16H2,1-3H3. The molecule has 1 saturated carbocycles. The van der Waals surface area contributed by atoms with E-state index in [1.807, 2.05) is 18.7 Å². The number of nitrogens with one attached hydrogen (secondary N) is 1. The second-order valence-electron chi connectivity index (χ2n) is 8.36. The minimum Gasteiger partial charge on any atom is -0.497 e. The molecule has 1 aromatic heterocycles. The summed E-state index contributed by atoms with van der Waals surface area (Å²) in [5, 5.41) is 11.4. The van der Waals surface area contributed by atoms with Gasteiger partial charge in [-0.15, -0.1) is 0 Å². The molecule has 31 heavy (non-hydrogen) atoms. The van der Waals surface area contributed by atoms with Crippen LogP contribution in [0.5, 0.6) is 5.75 Å². The Hall–Kier alpha value is -2.38. The number of Topliss-reactive ketones (excluding diaryl/α,β-unsaturated/α-hetero) is 1. The number of aromatic nitrogens is 1. The molecule has 1 amide bonds. The maximum atomic E-state index is 13.3. The molecule has 7 nitrogen and oxygen atoms in total. The number of hydrogen-bond donors (Lipinski definition) is 2. The maximum absolute atomic E-state index is 13.3. The molecule has 0 spiro atoms. The van der Waals surface area contributed by atoms with Crippen molar-refractivity contribution in [3.8, 4) is 5.75 Å². The summed E-state index contributed by atoms with van der Waals surface area (Å²) in [5.41, 5.74) is 1.10. The molecule has 1 unspecified atom stereocenters. The topological polar surface area (TPSA) is 85.9 Å². The van der Waals surface area contributed by atoms with Crippen LogP contribution in [0.4, 0.5) is 0 Å². The minimum absolute atomic E-state index is 0.138. The first kappa shape index (κ1) is 23.3. The second-order valence-corrected chi connectivity index (χ2v) is 8.36. The fourth-order valence-electron chi connectivity index (χ4n) is 4.56. The summed E-state index contributed by atoms with van der Waals surface area (Å²) in [4.78, 5) is 33.1. The smallest absolute Gasteiger partial charge is 0.295 e. The van der Waals surface area contributed by atoms with Gasteiger partial charge in [0, 0.05) is 29.7 Å². The highest BCUT2D eigenvalue weighted by Gasteiger charge is 2.30. The molecular weight excluding hydrogens is 394 g/mol. The molecule has 0 radical (unpaired) electrons. The third-order valence-corrected chi connectivity index (χ3v) is 6.44. The number of likely N-dealkylation sites (N-methyl/N-ethyl adjacent to an activating group) is 1. The lowest BCUT2D eigenvalue weighted by atomic mass is 9.88. The average molecular weight is 430 g/mol. The largest absolute Gasteiger partial charge is 0.497 e. The molecule has 170 valence electrons. The predicted molar refractivity (Wildman–Crippen MR) is 121 cm³/mol. The molecule has 1 heterocycles. The number of ketones is 1. The highest BCUT2D eigenvalue weighted by molar-refractivity contribution is 6.44. The monoisotopic (exact) mass is 429 g/mol. The van der Waals surface area contributed by atoms with E-state index in [0.717, 1.165) is 31.2 Å². The number of fused-ring (bicyclic) bond motifs is 1. The third-order valence-electron chi connectivity index (χ3n) is 6.44.